The number of benzene rings is 9. The Hall–Kier alpha value is -10.6. The lowest BCUT2D eigenvalue weighted by Gasteiger charge is -2.16. The number of nitrogens with zero attached hydrogens (tertiary/aromatic N) is 8. The number of rotatable bonds is 4. The van der Waals surface area contributed by atoms with Crippen LogP contribution in [0.5, 0.6) is 0 Å². The van der Waals surface area contributed by atoms with E-state index in [0.717, 1.165) is 60.0 Å². The molecule has 0 aliphatic carbocycles. The summed E-state index contributed by atoms with van der Waals surface area (Å²) >= 11 is 0. The SMILES string of the molecule is N#CN=c1c2ccccc2c2c(-c3ccccc3)c3c(=NC#N)c4cc(-c5ccc6c(c5)c(=NC#N)c5c(C(F)(F)F)c7c(c(-c8ccccc8)c56)c(=NC#N)c5ccccc57)ccc4c3c(-c3ccccc3)c12. The molecule has 0 aliphatic rings. The van der Waals surface area contributed by atoms with E-state index in [4.69, 9.17) is 0 Å². The Kier molecular flexibility index (Phi) is 9.69. The molecule has 0 heterocycles. The zero-order valence-corrected chi connectivity index (χ0v) is 38.5. The van der Waals surface area contributed by atoms with Gasteiger partial charge < -0.3 is 0 Å². The van der Waals surface area contributed by atoms with Crippen molar-refractivity contribution in [1.82, 2.24) is 0 Å². The van der Waals surface area contributed by atoms with Crippen molar-refractivity contribution in [3.05, 3.63) is 203 Å². The Morgan fingerprint density at radius 2 is 0.581 bits per heavy atom. The van der Waals surface area contributed by atoms with E-state index in [0.29, 0.717) is 54.5 Å². The normalized spacial score (nSPS) is 13.1. The minimum Gasteiger partial charge on any atom is -0.172 e. The van der Waals surface area contributed by atoms with Gasteiger partial charge in [0.1, 0.15) is 0 Å². The maximum atomic E-state index is 16.1. The molecule has 13 aromatic rings. The van der Waals surface area contributed by atoms with E-state index in [2.05, 4.69) is 32.4 Å². The highest BCUT2D eigenvalue weighted by Crippen LogP contribution is 2.51. The van der Waals surface area contributed by atoms with Gasteiger partial charge in [0.05, 0.1) is 27.0 Å². The van der Waals surface area contributed by atoms with Crippen molar-refractivity contribution in [1.29, 1.82) is 21.0 Å². The van der Waals surface area contributed by atoms with Gasteiger partial charge in [0.15, 0.2) is 0 Å². The molecule has 0 spiro atoms. The molecule has 0 atom stereocenters. The maximum Gasteiger partial charge on any atom is 0.417 e. The van der Waals surface area contributed by atoms with Crippen LogP contribution in [0, 0.1) is 45.8 Å². The molecule has 0 saturated heterocycles. The molecule has 342 valence electrons. The number of hydrogen-bond acceptors (Lipinski definition) is 8. The van der Waals surface area contributed by atoms with Gasteiger partial charge in [0.25, 0.3) is 0 Å². The van der Waals surface area contributed by atoms with Crippen LogP contribution in [0.4, 0.5) is 13.2 Å². The van der Waals surface area contributed by atoms with Crippen molar-refractivity contribution in [3.8, 4) is 69.3 Å². The summed E-state index contributed by atoms with van der Waals surface area (Å²) in [7, 11) is 0. The van der Waals surface area contributed by atoms with E-state index in [1.54, 1.807) is 48.5 Å². The highest BCUT2D eigenvalue weighted by Gasteiger charge is 2.40. The summed E-state index contributed by atoms with van der Waals surface area (Å²) in [4.78, 5) is 17.5. The molecule has 11 heteroatoms. The topological polar surface area (TPSA) is 145 Å². The van der Waals surface area contributed by atoms with E-state index in [9.17, 15) is 21.0 Å². The second-order valence-corrected chi connectivity index (χ2v) is 17.9. The van der Waals surface area contributed by atoms with Crippen molar-refractivity contribution >= 4 is 86.2 Å². The predicted molar refractivity (Wildman–Crippen MR) is 283 cm³/mol. The Labute approximate surface area is 417 Å². The third-order valence-electron chi connectivity index (χ3n) is 14.4. The fourth-order valence-electron chi connectivity index (χ4n) is 11.8. The number of hydrogen-bond donors (Lipinski definition) is 0. The largest absolute Gasteiger partial charge is 0.417 e. The van der Waals surface area contributed by atoms with Gasteiger partial charge in [-0.3, -0.25) is 0 Å². The van der Waals surface area contributed by atoms with Gasteiger partial charge in [-0.05, 0) is 61.5 Å². The summed E-state index contributed by atoms with van der Waals surface area (Å²) in [5.74, 6) is 0. The Morgan fingerprint density at radius 1 is 0.284 bits per heavy atom. The molecule has 0 N–H and O–H groups in total. The van der Waals surface area contributed by atoms with Gasteiger partial charge in [0.2, 0.25) is 24.8 Å². The zero-order valence-electron chi connectivity index (χ0n) is 38.5. The van der Waals surface area contributed by atoms with Gasteiger partial charge in [-0.2, -0.15) is 54.2 Å². The lowest BCUT2D eigenvalue weighted by molar-refractivity contribution is -0.135. The van der Waals surface area contributed by atoms with Crippen LogP contribution < -0.4 is 21.4 Å². The number of nitriles is 4. The first-order valence-corrected chi connectivity index (χ1v) is 23.4. The van der Waals surface area contributed by atoms with Gasteiger partial charge in [-0.15, -0.1) is 0 Å². The first-order valence-electron chi connectivity index (χ1n) is 23.4. The monoisotopic (exact) mass is 954 g/mol. The van der Waals surface area contributed by atoms with Crippen LogP contribution in [-0.2, 0) is 6.18 Å². The third kappa shape index (κ3) is 6.12. The second-order valence-electron chi connectivity index (χ2n) is 17.9. The molecule has 0 amide bonds. The van der Waals surface area contributed by atoms with Gasteiger partial charge in [0, 0.05) is 81.3 Å². The smallest absolute Gasteiger partial charge is 0.172 e. The molecular weight excluding hydrogens is 926 g/mol. The first kappa shape index (κ1) is 43.4. The minimum absolute atomic E-state index is 0.122. The zero-order chi connectivity index (χ0) is 50.4. The highest BCUT2D eigenvalue weighted by molar-refractivity contribution is 6.35. The highest BCUT2D eigenvalue weighted by atomic mass is 19.4. The van der Waals surface area contributed by atoms with Gasteiger partial charge in [-0.25, -0.2) is 0 Å². The summed E-state index contributed by atoms with van der Waals surface area (Å²) in [6, 6.07) is 54.4. The first-order chi connectivity index (χ1) is 36.3. The third-order valence-corrected chi connectivity index (χ3v) is 14.4. The molecule has 13 aromatic carbocycles. The fraction of sp³-hybridized carbons (Fsp3) is 0.0159. The summed E-state index contributed by atoms with van der Waals surface area (Å²) in [5.41, 5.74) is 4.66. The fourth-order valence-corrected chi connectivity index (χ4v) is 11.8. The van der Waals surface area contributed by atoms with Crippen molar-refractivity contribution in [2.75, 3.05) is 0 Å². The molecule has 13 rings (SSSR count). The van der Waals surface area contributed by atoms with Crippen molar-refractivity contribution in [3.63, 3.8) is 0 Å². The van der Waals surface area contributed by atoms with E-state index in [1.165, 1.54) is 0 Å². The quantitative estimate of drug-likeness (QED) is 0.162. The summed E-state index contributed by atoms with van der Waals surface area (Å²) in [5, 5.41) is 49.7. The van der Waals surface area contributed by atoms with Crippen LogP contribution in [-0.4, -0.2) is 0 Å². The van der Waals surface area contributed by atoms with Crippen molar-refractivity contribution in [2.45, 2.75) is 6.18 Å². The maximum absolute atomic E-state index is 16.1. The summed E-state index contributed by atoms with van der Waals surface area (Å²) in [6.07, 6.45) is 2.89. The molecule has 74 heavy (non-hydrogen) atoms. The minimum atomic E-state index is -4.95. The van der Waals surface area contributed by atoms with Crippen LogP contribution in [0.2, 0.25) is 0 Å². The Balaban J connectivity index is 1.19. The van der Waals surface area contributed by atoms with Crippen molar-refractivity contribution < 1.29 is 13.2 Å². The average molecular weight is 955 g/mol. The van der Waals surface area contributed by atoms with Crippen LogP contribution in [0.25, 0.3) is 131 Å². The second kappa shape index (κ2) is 16.5. The molecule has 8 nitrogen and oxygen atoms in total. The number of alkyl halides is 3. The molecule has 0 bridgehead atoms. The van der Waals surface area contributed by atoms with Crippen LogP contribution in [0.3, 0.4) is 0 Å². The molecule has 0 saturated carbocycles. The Morgan fingerprint density at radius 3 is 0.959 bits per heavy atom. The van der Waals surface area contributed by atoms with E-state index in [-0.39, 0.29) is 37.6 Å². The molecule has 0 fully saturated rings. The molecule has 0 aliphatic heterocycles. The van der Waals surface area contributed by atoms with E-state index in [1.807, 2.05) is 140 Å². The molecule has 0 aromatic heterocycles. The van der Waals surface area contributed by atoms with E-state index >= 15 is 13.2 Å². The summed E-state index contributed by atoms with van der Waals surface area (Å²) in [6.45, 7) is 0. The average Bonchev–Trinajstić information content (AvgIpc) is 4.17. The van der Waals surface area contributed by atoms with Gasteiger partial charge >= 0.3 is 6.18 Å². The Bertz CT molecular complexity index is 4990. The van der Waals surface area contributed by atoms with Crippen LogP contribution in [0.1, 0.15) is 5.56 Å². The van der Waals surface area contributed by atoms with Gasteiger partial charge in [-0.1, -0.05) is 164 Å². The lowest BCUT2D eigenvalue weighted by Crippen LogP contribution is -2.12. The molecule has 0 unspecified atom stereocenters. The summed E-state index contributed by atoms with van der Waals surface area (Å²) < 4.78 is 48.4. The molecular formula is C63H29F3N8. The predicted octanol–water partition coefficient (Wildman–Crippen LogP) is 13.9. The van der Waals surface area contributed by atoms with Crippen LogP contribution in [0.15, 0.2) is 196 Å². The lowest BCUT2D eigenvalue weighted by atomic mass is 9.88. The number of halogens is 3. The standard InChI is InChI=1S/C63H29F3N8/c64-63(65,66)58-53-40-21-11-13-23-44(40)60(72-31-68)56(53)49(36-18-8-3-9-19-36)52-42-27-25-38(29-46(42)62(57(52)58)74-33-70)37-24-26-41-45(28-37)61(73-32-69)55-47(34-14-4-1-5-15-34)50-39-20-10-12-22-43(39)59(71-30-67)54(50)48(51(41)55)35-16-6-2-7-17-35/h1-29H. The van der Waals surface area contributed by atoms with E-state index < -0.39 is 11.7 Å². The van der Waals surface area contributed by atoms with Crippen LogP contribution >= 0.6 is 0 Å². The number of fused-ring (bicyclic) bond motifs is 12. The molecule has 0 radical (unpaired) electrons. The van der Waals surface area contributed by atoms with Crippen molar-refractivity contribution in [2.24, 2.45) is 20.0 Å².